The van der Waals surface area contributed by atoms with Crippen LogP contribution in [0.15, 0.2) is 77.7 Å². The zero-order valence-corrected chi connectivity index (χ0v) is 23.3. The number of rotatable bonds is 11. The molecule has 0 radical (unpaired) electrons. The molecule has 8 nitrogen and oxygen atoms in total. The van der Waals surface area contributed by atoms with Crippen molar-refractivity contribution in [2.24, 2.45) is 0 Å². The highest BCUT2D eigenvalue weighted by atomic mass is 32.2. The Hall–Kier alpha value is -3.85. The van der Waals surface area contributed by atoms with Crippen molar-refractivity contribution in [1.29, 1.82) is 0 Å². The van der Waals surface area contributed by atoms with Crippen molar-refractivity contribution in [2.75, 3.05) is 31.6 Å². The fourth-order valence-electron chi connectivity index (χ4n) is 4.12. The average molecular weight is 538 g/mol. The number of hydrogen-bond donors (Lipinski definition) is 1. The lowest BCUT2D eigenvalue weighted by Gasteiger charge is -2.32. The Morgan fingerprint density at radius 2 is 1.58 bits per heavy atom. The Balaban J connectivity index is 2.05. The van der Waals surface area contributed by atoms with Crippen LogP contribution in [0.25, 0.3) is 0 Å². The SMILES string of the molecule is CNC(=O)[C@@H](C)N(CCc1ccccc1)C(=O)CN(c1cc(C)ccc1OC)S(=O)(=O)c1ccc(C)cc1. The van der Waals surface area contributed by atoms with Gasteiger partial charge in [0.2, 0.25) is 11.8 Å². The second kappa shape index (κ2) is 12.6. The van der Waals surface area contributed by atoms with E-state index in [4.69, 9.17) is 4.74 Å². The number of sulfonamides is 1. The lowest BCUT2D eigenvalue weighted by Crippen LogP contribution is -2.51. The molecule has 0 aliphatic carbocycles. The summed E-state index contributed by atoms with van der Waals surface area (Å²) in [6.07, 6.45) is 0.506. The maximum atomic E-state index is 13.9. The van der Waals surface area contributed by atoms with Crippen LogP contribution in [0, 0.1) is 13.8 Å². The molecule has 3 aromatic carbocycles. The van der Waals surface area contributed by atoms with Crippen LogP contribution in [-0.2, 0) is 26.0 Å². The summed E-state index contributed by atoms with van der Waals surface area (Å²) < 4.78 is 34.4. The summed E-state index contributed by atoms with van der Waals surface area (Å²) in [5, 5.41) is 2.59. The molecular weight excluding hydrogens is 502 g/mol. The largest absolute Gasteiger partial charge is 0.495 e. The molecule has 0 fully saturated rings. The molecule has 0 unspecified atom stereocenters. The van der Waals surface area contributed by atoms with Crippen LogP contribution in [0.5, 0.6) is 5.75 Å². The third-order valence-electron chi connectivity index (χ3n) is 6.39. The summed E-state index contributed by atoms with van der Waals surface area (Å²) >= 11 is 0. The number of benzene rings is 3. The summed E-state index contributed by atoms with van der Waals surface area (Å²) in [4.78, 5) is 27.9. The van der Waals surface area contributed by atoms with Crippen molar-refractivity contribution >= 4 is 27.5 Å². The van der Waals surface area contributed by atoms with Crippen molar-refractivity contribution in [3.05, 3.63) is 89.5 Å². The van der Waals surface area contributed by atoms with Crippen molar-refractivity contribution in [2.45, 2.75) is 38.1 Å². The third kappa shape index (κ3) is 6.72. The zero-order chi connectivity index (χ0) is 27.9. The van der Waals surface area contributed by atoms with Crippen LogP contribution in [0.3, 0.4) is 0 Å². The van der Waals surface area contributed by atoms with Gasteiger partial charge in [0.25, 0.3) is 10.0 Å². The summed E-state index contributed by atoms with van der Waals surface area (Å²) in [6, 6.07) is 20.4. The standard InChI is InChI=1S/C29H35N3O5S/c1-21-11-14-25(15-12-21)38(35,36)32(26-19-22(2)13-16-27(26)37-5)20-28(33)31(23(3)29(34)30-4)18-17-24-9-7-6-8-10-24/h6-16,19,23H,17-18,20H2,1-5H3,(H,30,34)/t23-/m1/s1. The molecule has 2 amide bonds. The highest BCUT2D eigenvalue weighted by Gasteiger charge is 2.33. The molecule has 0 aromatic heterocycles. The molecule has 1 atom stereocenters. The van der Waals surface area contributed by atoms with E-state index in [0.29, 0.717) is 12.2 Å². The average Bonchev–Trinajstić information content (AvgIpc) is 2.91. The van der Waals surface area contributed by atoms with Gasteiger partial charge in [0, 0.05) is 13.6 Å². The monoisotopic (exact) mass is 537 g/mol. The van der Waals surface area contributed by atoms with Crippen molar-refractivity contribution in [3.8, 4) is 5.75 Å². The lowest BCUT2D eigenvalue weighted by atomic mass is 10.1. The van der Waals surface area contributed by atoms with Crippen molar-refractivity contribution in [1.82, 2.24) is 10.2 Å². The number of nitrogens with one attached hydrogen (secondary N) is 1. The first-order valence-electron chi connectivity index (χ1n) is 12.4. The fourth-order valence-corrected chi connectivity index (χ4v) is 5.54. The Labute approximate surface area is 225 Å². The predicted molar refractivity (Wildman–Crippen MR) is 149 cm³/mol. The molecule has 1 N–H and O–H groups in total. The van der Waals surface area contributed by atoms with Crippen LogP contribution in [0.4, 0.5) is 5.69 Å². The van der Waals surface area contributed by atoms with Crippen LogP contribution in [-0.4, -0.2) is 58.4 Å². The molecule has 0 bridgehead atoms. The molecule has 0 spiro atoms. The van der Waals surface area contributed by atoms with Gasteiger partial charge in [-0.1, -0.05) is 54.1 Å². The van der Waals surface area contributed by atoms with Gasteiger partial charge in [-0.3, -0.25) is 13.9 Å². The van der Waals surface area contributed by atoms with Gasteiger partial charge in [0.05, 0.1) is 17.7 Å². The minimum Gasteiger partial charge on any atom is -0.495 e. The topological polar surface area (TPSA) is 96.0 Å². The molecule has 0 aliphatic heterocycles. The number of methoxy groups -OCH3 is 1. The Kier molecular flexibility index (Phi) is 9.52. The predicted octanol–water partition coefficient (Wildman–Crippen LogP) is 3.71. The Bertz CT molecular complexity index is 1360. The van der Waals surface area contributed by atoms with Crippen LogP contribution >= 0.6 is 0 Å². The number of amides is 2. The van der Waals surface area contributed by atoms with E-state index in [9.17, 15) is 18.0 Å². The van der Waals surface area contributed by atoms with Gasteiger partial charge in [0.15, 0.2) is 0 Å². The first kappa shape index (κ1) is 28.7. The van der Waals surface area contributed by atoms with Crippen LogP contribution in [0.2, 0.25) is 0 Å². The number of anilines is 1. The van der Waals surface area contributed by atoms with Crippen molar-refractivity contribution in [3.63, 3.8) is 0 Å². The van der Waals surface area contributed by atoms with Crippen molar-refractivity contribution < 1.29 is 22.7 Å². The summed E-state index contributed by atoms with van der Waals surface area (Å²) in [5.74, 6) is -0.530. The normalized spacial score (nSPS) is 11.9. The quantitative estimate of drug-likeness (QED) is 0.402. The van der Waals surface area contributed by atoms with Crippen LogP contribution in [0.1, 0.15) is 23.6 Å². The summed E-state index contributed by atoms with van der Waals surface area (Å²) in [6.45, 7) is 5.06. The Morgan fingerprint density at radius 3 is 2.18 bits per heavy atom. The van der Waals surface area contributed by atoms with Crippen LogP contribution < -0.4 is 14.4 Å². The lowest BCUT2D eigenvalue weighted by molar-refractivity contribution is -0.138. The number of aryl methyl sites for hydroxylation is 2. The van der Waals surface area contributed by atoms with Gasteiger partial charge in [0.1, 0.15) is 18.3 Å². The number of carbonyl (C=O) groups is 2. The fraction of sp³-hybridized carbons (Fsp3) is 0.310. The number of carbonyl (C=O) groups excluding carboxylic acids is 2. The second-order valence-corrected chi connectivity index (χ2v) is 11.0. The van der Waals surface area contributed by atoms with E-state index in [2.05, 4.69) is 5.32 Å². The molecule has 9 heteroatoms. The molecule has 38 heavy (non-hydrogen) atoms. The minimum atomic E-state index is -4.16. The number of likely N-dealkylation sites (N-methyl/N-ethyl adjacent to an activating group) is 1. The Morgan fingerprint density at radius 1 is 0.947 bits per heavy atom. The van der Waals surface area contributed by atoms with E-state index < -0.39 is 28.5 Å². The molecule has 3 rings (SSSR count). The van der Waals surface area contributed by atoms with Gasteiger partial charge in [-0.25, -0.2) is 8.42 Å². The molecule has 0 saturated heterocycles. The first-order valence-corrected chi connectivity index (χ1v) is 13.8. The van der Waals surface area contributed by atoms with Gasteiger partial charge in [-0.05, 0) is 62.6 Å². The first-order chi connectivity index (χ1) is 18.1. The smallest absolute Gasteiger partial charge is 0.264 e. The molecule has 0 saturated carbocycles. The number of nitrogens with zero attached hydrogens (tertiary/aromatic N) is 2. The van der Waals surface area contributed by atoms with E-state index in [1.54, 1.807) is 37.3 Å². The van der Waals surface area contributed by atoms with E-state index >= 15 is 0 Å². The molecule has 3 aromatic rings. The van der Waals surface area contributed by atoms with Gasteiger partial charge < -0.3 is 15.0 Å². The molecule has 0 heterocycles. The van der Waals surface area contributed by atoms with Gasteiger partial charge >= 0.3 is 0 Å². The zero-order valence-electron chi connectivity index (χ0n) is 22.5. The van der Waals surface area contributed by atoms with E-state index in [1.807, 2.05) is 44.2 Å². The summed E-state index contributed by atoms with van der Waals surface area (Å²) in [7, 11) is -1.21. The third-order valence-corrected chi connectivity index (χ3v) is 8.16. The maximum Gasteiger partial charge on any atom is 0.264 e. The maximum absolute atomic E-state index is 13.9. The highest BCUT2D eigenvalue weighted by molar-refractivity contribution is 7.92. The molecule has 0 aliphatic rings. The molecular formula is C29H35N3O5S. The highest BCUT2D eigenvalue weighted by Crippen LogP contribution is 2.33. The number of hydrogen-bond acceptors (Lipinski definition) is 5. The van der Waals surface area contributed by atoms with E-state index in [0.717, 1.165) is 21.0 Å². The van der Waals surface area contributed by atoms with Gasteiger partial charge in [-0.2, -0.15) is 0 Å². The minimum absolute atomic E-state index is 0.0506. The molecule has 202 valence electrons. The van der Waals surface area contributed by atoms with E-state index in [1.165, 1.54) is 31.2 Å². The van der Waals surface area contributed by atoms with Gasteiger partial charge in [-0.15, -0.1) is 0 Å². The van der Waals surface area contributed by atoms with E-state index in [-0.39, 0.29) is 23.0 Å². The summed E-state index contributed by atoms with van der Waals surface area (Å²) in [5.41, 5.74) is 2.96. The second-order valence-electron chi connectivity index (χ2n) is 9.11. The number of ether oxygens (including phenoxy) is 1.